The van der Waals surface area contributed by atoms with Crippen LogP contribution in [0.2, 0.25) is 0 Å². The molecule has 4 N–H and O–H groups in total. The van der Waals surface area contributed by atoms with Crippen LogP contribution in [0.1, 0.15) is 11.1 Å². The lowest BCUT2D eigenvalue weighted by Crippen LogP contribution is -2.27. The monoisotopic (exact) mass is 534 g/mol. The SMILES string of the molecule is C=CC(C(=N)N)=C(NC(=C)c1ccc(I)c(N(C)C)c1F)C(=O)OCc1ccccc1. The van der Waals surface area contributed by atoms with Crippen LogP contribution < -0.4 is 16.0 Å². The molecule has 0 spiro atoms. The van der Waals surface area contributed by atoms with Crippen molar-refractivity contribution in [2.24, 2.45) is 5.73 Å². The van der Waals surface area contributed by atoms with Gasteiger partial charge in [0.15, 0.2) is 5.82 Å². The molecule has 0 aliphatic rings. The van der Waals surface area contributed by atoms with Crippen LogP contribution in [0.3, 0.4) is 0 Å². The van der Waals surface area contributed by atoms with Gasteiger partial charge in [0, 0.05) is 34.5 Å². The van der Waals surface area contributed by atoms with Crippen LogP contribution in [-0.4, -0.2) is 25.9 Å². The number of anilines is 1. The number of nitrogens with one attached hydrogen (secondary N) is 2. The van der Waals surface area contributed by atoms with E-state index in [1.165, 1.54) is 6.08 Å². The normalized spacial score (nSPS) is 11.2. The first kappa shape index (κ1) is 24.1. The molecule has 0 saturated carbocycles. The molecule has 6 nitrogen and oxygen atoms in total. The molecule has 0 fully saturated rings. The van der Waals surface area contributed by atoms with Crippen LogP contribution in [0.15, 0.2) is 73.0 Å². The van der Waals surface area contributed by atoms with Crippen molar-refractivity contribution < 1.29 is 13.9 Å². The zero-order valence-corrected chi connectivity index (χ0v) is 19.5. The van der Waals surface area contributed by atoms with Crippen molar-refractivity contribution in [3.8, 4) is 0 Å². The number of halogens is 2. The molecule has 0 saturated heterocycles. The van der Waals surface area contributed by atoms with E-state index in [1.807, 2.05) is 52.9 Å². The molecule has 0 aromatic heterocycles. The molecule has 0 heterocycles. The maximum Gasteiger partial charge on any atom is 0.355 e. The number of hydrogen-bond acceptors (Lipinski definition) is 5. The summed E-state index contributed by atoms with van der Waals surface area (Å²) in [6.07, 6.45) is 1.26. The highest BCUT2D eigenvalue weighted by Crippen LogP contribution is 2.30. The summed E-state index contributed by atoms with van der Waals surface area (Å²) in [5.74, 6) is -1.65. The zero-order chi connectivity index (χ0) is 23.1. The van der Waals surface area contributed by atoms with E-state index in [9.17, 15) is 4.79 Å². The summed E-state index contributed by atoms with van der Waals surface area (Å²) in [6.45, 7) is 7.50. The standard InChI is InChI=1S/C23H24FIN4O2/c1-5-16(22(26)27)20(23(30)31-13-15-9-7-6-8-10-15)28-14(2)17-11-12-18(25)21(19(17)24)29(3)4/h5-12,28H,1-2,13H2,3-4H3,(H3,26,27). The Morgan fingerprint density at radius 2 is 1.94 bits per heavy atom. The van der Waals surface area contributed by atoms with Gasteiger partial charge in [-0.25, -0.2) is 9.18 Å². The van der Waals surface area contributed by atoms with E-state index in [0.29, 0.717) is 5.69 Å². The summed E-state index contributed by atoms with van der Waals surface area (Å²) in [4.78, 5) is 14.5. The smallest absolute Gasteiger partial charge is 0.355 e. The summed E-state index contributed by atoms with van der Waals surface area (Å²) in [6, 6.07) is 12.4. The van der Waals surface area contributed by atoms with E-state index in [1.54, 1.807) is 31.1 Å². The first-order valence-electron chi connectivity index (χ1n) is 9.21. The molecule has 2 aromatic carbocycles. The van der Waals surface area contributed by atoms with Crippen LogP contribution in [0.5, 0.6) is 0 Å². The number of amidine groups is 1. The minimum Gasteiger partial charge on any atom is -0.456 e. The first-order valence-corrected chi connectivity index (χ1v) is 10.3. The number of nitrogens with zero attached hydrogens (tertiary/aromatic N) is 1. The fraction of sp³-hybridized carbons (Fsp3) is 0.130. The highest BCUT2D eigenvalue weighted by Gasteiger charge is 2.22. The van der Waals surface area contributed by atoms with Gasteiger partial charge in [-0.3, -0.25) is 5.41 Å². The Morgan fingerprint density at radius 1 is 1.29 bits per heavy atom. The second-order valence-electron chi connectivity index (χ2n) is 6.72. The lowest BCUT2D eigenvalue weighted by Gasteiger charge is -2.20. The number of hydrogen-bond donors (Lipinski definition) is 3. The van der Waals surface area contributed by atoms with Gasteiger partial charge < -0.3 is 20.7 Å². The molecule has 2 aromatic rings. The average molecular weight is 534 g/mol. The fourth-order valence-corrected chi connectivity index (χ4v) is 3.67. The lowest BCUT2D eigenvalue weighted by atomic mass is 10.1. The zero-order valence-electron chi connectivity index (χ0n) is 17.3. The van der Waals surface area contributed by atoms with Crippen LogP contribution in [-0.2, 0) is 16.1 Å². The summed E-state index contributed by atoms with van der Waals surface area (Å²) in [5, 5.41) is 10.6. The molecule has 2 rings (SSSR count). The molecule has 31 heavy (non-hydrogen) atoms. The Bertz CT molecular complexity index is 1050. The fourth-order valence-electron chi connectivity index (χ4n) is 2.77. The Balaban J connectivity index is 2.37. The molecule has 0 bridgehead atoms. The van der Waals surface area contributed by atoms with Gasteiger partial charge in [-0.2, -0.15) is 0 Å². The van der Waals surface area contributed by atoms with Crippen molar-refractivity contribution in [2.75, 3.05) is 19.0 Å². The Labute approximate surface area is 194 Å². The maximum absolute atomic E-state index is 15.1. The summed E-state index contributed by atoms with van der Waals surface area (Å²) in [7, 11) is 3.47. The number of esters is 1. The quantitative estimate of drug-likeness (QED) is 0.112. The van der Waals surface area contributed by atoms with Gasteiger partial charge in [0.1, 0.15) is 18.1 Å². The number of rotatable bonds is 9. The van der Waals surface area contributed by atoms with Gasteiger partial charge >= 0.3 is 5.97 Å². The predicted octanol–water partition coefficient (Wildman–Crippen LogP) is 4.18. The molecule has 0 aliphatic carbocycles. The number of ether oxygens (including phenoxy) is 1. The largest absolute Gasteiger partial charge is 0.456 e. The van der Waals surface area contributed by atoms with E-state index < -0.39 is 11.8 Å². The Morgan fingerprint density at radius 3 is 2.48 bits per heavy atom. The summed E-state index contributed by atoms with van der Waals surface area (Å²) < 4.78 is 21.2. The average Bonchev–Trinajstić information content (AvgIpc) is 2.72. The van der Waals surface area contributed by atoms with Gasteiger partial charge in [0.25, 0.3) is 0 Å². The molecule has 0 amide bonds. The van der Waals surface area contributed by atoms with E-state index in [4.69, 9.17) is 15.9 Å². The molecular weight excluding hydrogens is 510 g/mol. The highest BCUT2D eigenvalue weighted by atomic mass is 127. The topological polar surface area (TPSA) is 91.4 Å². The number of benzene rings is 2. The van der Waals surface area contributed by atoms with Gasteiger partial charge in [0.2, 0.25) is 0 Å². The molecular formula is C23H24FIN4O2. The molecule has 0 radical (unpaired) electrons. The third kappa shape index (κ3) is 5.94. The summed E-state index contributed by atoms with van der Waals surface area (Å²) in [5.41, 5.74) is 6.97. The van der Waals surface area contributed by atoms with E-state index in [0.717, 1.165) is 9.13 Å². The number of carbonyl (C=O) groups is 1. The molecule has 162 valence electrons. The van der Waals surface area contributed by atoms with Crippen molar-refractivity contribution in [2.45, 2.75) is 6.61 Å². The minimum absolute atomic E-state index is 0.0162. The maximum atomic E-state index is 15.1. The van der Waals surface area contributed by atoms with Crippen molar-refractivity contribution in [1.82, 2.24) is 5.32 Å². The van der Waals surface area contributed by atoms with Gasteiger partial charge in [0.05, 0.1) is 5.69 Å². The Hall–Kier alpha value is -3.14. The molecule has 0 atom stereocenters. The van der Waals surface area contributed by atoms with Crippen molar-refractivity contribution in [3.63, 3.8) is 0 Å². The van der Waals surface area contributed by atoms with Crippen molar-refractivity contribution in [1.29, 1.82) is 5.41 Å². The molecule has 8 heteroatoms. The third-order valence-corrected chi connectivity index (χ3v) is 5.17. The molecule has 0 aliphatic heterocycles. The summed E-state index contributed by atoms with van der Waals surface area (Å²) >= 11 is 2.05. The van der Waals surface area contributed by atoms with E-state index >= 15 is 4.39 Å². The van der Waals surface area contributed by atoms with Crippen LogP contribution in [0, 0.1) is 14.8 Å². The van der Waals surface area contributed by atoms with Crippen LogP contribution in [0.25, 0.3) is 5.70 Å². The second-order valence-corrected chi connectivity index (χ2v) is 7.89. The lowest BCUT2D eigenvalue weighted by molar-refractivity contribution is -0.140. The number of nitrogens with two attached hydrogens (primary N) is 1. The van der Waals surface area contributed by atoms with E-state index in [2.05, 4.69) is 18.5 Å². The van der Waals surface area contributed by atoms with Crippen molar-refractivity contribution >= 4 is 45.8 Å². The predicted molar refractivity (Wildman–Crippen MR) is 131 cm³/mol. The van der Waals surface area contributed by atoms with Gasteiger partial charge in [-0.05, 0) is 40.3 Å². The number of carbonyl (C=O) groups excluding carboxylic acids is 1. The van der Waals surface area contributed by atoms with Crippen LogP contribution in [0.4, 0.5) is 10.1 Å². The Kier molecular flexibility index (Phi) is 8.38. The van der Waals surface area contributed by atoms with Gasteiger partial charge in [-0.15, -0.1) is 0 Å². The van der Waals surface area contributed by atoms with Crippen molar-refractivity contribution in [3.05, 3.63) is 93.5 Å². The highest BCUT2D eigenvalue weighted by molar-refractivity contribution is 14.1. The van der Waals surface area contributed by atoms with E-state index in [-0.39, 0.29) is 35.0 Å². The minimum atomic E-state index is -0.770. The first-order chi connectivity index (χ1) is 14.7. The molecule has 0 unspecified atom stereocenters. The van der Waals surface area contributed by atoms with Crippen LogP contribution >= 0.6 is 22.6 Å². The second kappa shape index (κ2) is 10.8. The third-order valence-electron chi connectivity index (χ3n) is 4.30. The van der Waals surface area contributed by atoms with Gasteiger partial charge in [-0.1, -0.05) is 49.6 Å².